The molecular formula is C19H17N3O3. The van der Waals surface area contributed by atoms with Crippen molar-refractivity contribution in [2.45, 2.75) is 20.4 Å². The van der Waals surface area contributed by atoms with Crippen LogP contribution in [0, 0.1) is 13.8 Å². The molecule has 0 spiro atoms. The van der Waals surface area contributed by atoms with E-state index in [0.717, 1.165) is 16.8 Å². The highest BCUT2D eigenvalue weighted by molar-refractivity contribution is 5.97. The second-order valence-corrected chi connectivity index (χ2v) is 6.12. The molecule has 0 atom stereocenters. The molecule has 3 aromatic rings. The van der Waals surface area contributed by atoms with E-state index >= 15 is 0 Å². The van der Waals surface area contributed by atoms with Crippen molar-refractivity contribution in [3.8, 4) is 17.1 Å². The predicted octanol–water partition coefficient (Wildman–Crippen LogP) is 3.28. The Morgan fingerprint density at radius 1 is 1.08 bits per heavy atom. The standard InChI is InChI=1S/C19H17N3O3/c1-12-3-6-14(7-4-12)19-20-17(25-21-19)10-22-15-9-13(2)5-8-16(15)24-11-18(22)23/h3-9H,10-11H2,1-2H3. The minimum atomic E-state index is -0.131. The van der Waals surface area contributed by atoms with Crippen molar-refractivity contribution in [2.75, 3.05) is 11.5 Å². The first-order valence-electron chi connectivity index (χ1n) is 8.03. The maximum Gasteiger partial charge on any atom is 0.265 e. The van der Waals surface area contributed by atoms with E-state index in [0.29, 0.717) is 17.5 Å². The van der Waals surface area contributed by atoms with E-state index in [1.165, 1.54) is 5.56 Å². The molecule has 2 aromatic carbocycles. The minimum Gasteiger partial charge on any atom is -0.482 e. The van der Waals surface area contributed by atoms with Gasteiger partial charge in [-0.15, -0.1) is 0 Å². The average Bonchev–Trinajstić information content (AvgIpc) is 3.07. The van der Waals surface area contributed by atoms with Gasteiger partial charge in [-0.1, -0.05) is 41.1 Å². The lowest BCUT2D eigenvalue weighted by Crippen LogP contribution is -2.38. The van der Waals surface area contributed by atoms with Crippen LogP contribution in [0.3, 0.4) is 0 Å². The number of benzene rings is 2. The first-order chi connectivity index (χ1) is 12.1. The lowest BCUT2D eigenvalue weighted by atomic mass is 10.1. The number of aromatic nitrogens is 2. The van der Waals surface area contributed by atoms with Crippen molar-refractivity contribution in [3.05, 3.63) is 59.5 Å². The van der Waals surface area contributed by atoms with Crippen molar-refractivity contribution in [3.63, 3.8) is 0 Å². The smallest absolute Gasteiger partial charge is 0.265 e. The third-order valence-electron chi connectivity index (χ3n) is 4.13. The zero-order chi connectivity index (χ0) is 17.4. The fourth-order valence-corrected chi connectivity index (χ4v) is 2.76. The van der Waals surface area contributed by atoms with Gasteiger partial charge in [-0.3, -0.25) is 9.69 Å². The number of rotatable bonds is 3. The number of nitrogens with zero attached hydrogens (tertiary/aromatic N) is 3. The maximum absolute atomic E-state index is 12.3. The van der Waals surface area contributed by atoms with Gasteiger partial charge in [-0.25, -0.2) is 0 Å². The molecule has 1 aliphatic rings. The molecule has 1 aliphatic heterocycles. The number of amides is 1. The SMILES string of the molecule is Cc1ccc(-c2noc(CN3C(=O)COc4ccc(C)cc43)n2)cc1. The molecule has 25 heavy (non-hydrogen) atoms. The van der Waals surface area contributed by atoms with Crippen LogP contribution in [0.4, 0.5) is 5.69 Å². The summed E-state index contributed by atoms with van der Waals surface area (Å²) < 4.78 is 10.8. The van der Waals surface area contributed by atoms with Crippen molar-refractivity contribution >= 4 is 11.6 Å². The third kappa shape index (κ3) is 2.98. The summed E-state index contributed by atoms with van der Waals surface area (Å²) in [5.74, 6) is 1.45. The summed E-state index contributed by atoms with van der Waals surface area (Å²) in [4.78, 5) is 18.3. The molecule has 0 saturated carbocycles. The number of anilines is 1. The lowest BCUT2D eigenvalue weighted by Gasteiger charge is -2.28. The first kappa shape index (κ1) is 15.4. The molecule has 1 aromatic heterocycles. The van der Waals surface area contributed by atoms with Gasteiger partial charge in [-0.2, -0.15) is 4.98 Å². The van der Waals surface area contributed by atoms with E-state index in [1.807, 2.05) is 56.3 Å². The van der Waals surface area contributed by atoms with E-state index in [-0.39, 0.29) is 19.1 Å². The van der Waals surface area contributed by atoms with Gasteiger partial charge in [0.25, 0.3) is 5.91 Å². The molecule has 6 nitrogen and oxygen atoms in total. The number of hydrogen-bond acceptors (Lipinski definition) is 5. The Bertz CT molecular complexity index is 931. The Labute approximate surface area is 145 Å². The first-order valence-corrected chi connectivity index (χ1v) is 8.03. The molecule has 4 rings (SSSR count). The van der Waals surface area contributed by atoms with Gasteiger partial charge < -0.3 is 9.26 Å². The number of fused-ring (bicyclic) bond motifs is 1. The van der Waals surface area contributed by atoms with E-state index < -0.39 is 0 Å². The highest BCUT2D eigenvalue weighted by atomic mass is 16.5. The van der Waals surface area contributed by atoms with E-state index in [9.17, 15) is 4.79 Å². The van der Waals surface area contributed by atoms with Crippen LogP contribution in [0.15, 0.2) is 47.0 Å². The van der Waals surface area contributed by atoms with Crippen LogP contribution < -0.4 is 9.64 Å². The number of carbonyl (C=O) groups excluding carboxylic acids is 1. The minimum absolute atomic E-state index is 0.00895. The molecule has 0 saturated heterocycles. The zero-order valence-electron chi connectivity index (χ0n) is 14.0. The summed E-state index contributed by atoms with van der Waals surface area (Å²) in [6.07, 6.45) is 0. The molecule has 1 amide bonds. The quantitative estimate of drug-likeness (QED) is 0.735. The molecule has 0 fully saturated rings. The Morgan fingerprint density at radius 3 is 2.64 bits per heavy atom. The highest BCUT2D eigenvalue weighted by Gasteiger charge is 2.27. The lowest BCUT2D eigenvalue weighted by molar-refractivity contribution is -0.121. The summed E-state index contributed by atoms with van der Waals surface area (Å²) in [7, 11) is 0. The summed E-state index contributed by atoms with van der Waals surface area (Å²) in [5, 5.41) is 4.02. The Kier molecular flexibility index (Phi) is 3.72. The summed E-state index contributed by atoms with van der Waals surface area (Å²) in [5.41, 5.74) is 3.82. The topological polar surface area (TPSA) is 68.5 Å². The zero-order valence-corrected chi connectivity index (χ0v) is 14.0. The van der Waals surface area contributed by atoms with Gasteiger partial charge in [0.2, 0.25) is 11.7 Å². The third-order valence-corrected chi connectivity index (χ3v) is 4.13. The predicted molar refractivity (Wildman–Crippen MR) is 92.3 cm³/mol. The van der Waals surface area contributed by atoms with Crippen LogP contribution in [0.2, 0.25) is 0 Å². The molecule has 126 valence electrons. The number of hydrogen-bond donors (Lipinski definition) is 0. The highest BCUT2D eigenvalue weighted by Crippen LogP contribution is 2.33. The molecule has 2 heterocycles. The van der Waals surface area contributed by atoms with Crippen LogP contribution >= 0.6 is 0 Å². The number of carbonyl (C=O) groups is 1. The summed E-state index contributed by atoms with van der Waals surface area (Å²) in [6, 6.07) is 13.6. The van der Waals surface area contributed by atoms with Gasteiger partial charge in [0.05, 0.1) is 5.69 Å². The fourth-order valence-electron chi connectivity index (χ4n) is 2.76. The monoisotopic (exact) mass is 335 g/mol. The second-order valence-electron chi connectivity index (χ2n) is 6.12. The Morgan fingerprint density at radius 2 is 1.84 bits per heavy atom. The summed E-state index contributed by atoms with van der Waals surface area (Å²) >= 11 is 0. The van der Waals surface area contributed by atoms with Crippen LogP contribution in [0.25, 0.3) is 11.4 Å². The fraction of sp³-hybridized carbons (Fsp3) is 0.211. The number of aryl methyl sites for hydroxylation is 2. The average molecular weight is 335 g/mol. The van der Waals surface area contributed by atoms with Crippen LogP contribution in [0.5, 0.6) is 5.75 Å². The largest absolute Gasteiger partial charge is 0.482 e. The van der Waals surface area contributed by atoms with Gasteiger partial charge in [-0.05, 0) is 31.5 Å². The van der Waals surface area contributed by atoms with Gasteiger partial charge in [0.15, 0.2) is 6.61 Å². The van der Waals surface area contributed by atoms with Crippen LogP contribution in [0.1, 0.15) is 17.0 Å². The molecule has 0 N–H and O–H groups in total. The Balaban J connectivity index is 1.62. The van der Waals surface area contributed by atoms with Crippen molar-refractivity contribution < 1.29 is 14.1 Å². The van der Waals surface area contributed by atoms with Crippen LogP contribution in [-0.4, -0.2) is 22.7 Å². The second kappa shape index (κ2) is 6.05. The Hall–Kier alpha value is -3.15. The van der Waals surface area contributed by atoms with Crippen LogP contribution in [-0.2, 0) is 11.3 Å². The van der Waals surface area contributed by atoms with E-state index in [2.05, 4.69) is 10.1 Å². The van der Waals surface area contributed by atoms with Crippen molar-refractivity contribution in [1.29, 1.82) is 0 Å². The van der Waals surface area contributed by atoms with E-state index in [1.54, 1.807) is 4.90 Å². The van der Waals surface area contributed by atoms with Crippen molar-refractivity contribution in [2.24, 2.45) is 0 Å². The normalized spacial score (nSPS) is 13.5. The van der Waals surface area contributed by atoms with Gasteiger partial charge in [0, 0.05) is 5.56 Å². The molecule has 0 bridgehead atoms. The maximum atomic E-state index is 12.3. The van der Waals surface area contributed by atoms with Crippen molar-refractivity contribution in [1.82, 2.24) is 10.1 Å². The summed E-state index contributed by atoms with van der Waals surface area (Å²) in [6.45, 7) is 4.22. The van der Waals surface area contributed by atoms with Gasteiger partial charge in [0.1, 0.15) is 12.3 Å². The molecule has 6 heteroatoms. The van der Waals surface area contributed by atoms with E-state index in [4.69, 9.17) is 9.26 Å². The number of ether oxygens (including phenoxy) is 1. The molecule has 0 radical (unpaired) electrons. The van der Waals surface area contributed by atoms with Gasteiger partial charge >= 0.3 is 0 Å². The molecular weight excluding hydrogens is 318 g/mol. The molecule has 0 aliphatic carbocycles. The molecule has 0 unspecified atom stereocenters.